The van der Waals surface area contributed by atoms with Crippen LogP contribution in [0.25, 0.3) is 0 Å². The van der Waals surface area contributed by atoms with Crippen LogP contribution >= 0.6 is 15.9 Å². The molecule has 0 heterocycles. The summed E-state index contributed by atoms with van der Waals surface area (Å²) in [5.74, 6) is 0. The lowest BCUT2D eigenvalue weighted by Gasteiger charge is -2.24. The number of rotatable bonds is 5. The number of aliphatic hydroxyl groups is 1. The largest absolute Gasteiger partial charge is 0.389 e. The SMILES string of the molecule is CCCN(CC)c1ccc([C@@H](C)O)cc1Br. The van der Waals surface area contributed by atoms with Gasteiger partial charge in [-0.2, -0.15) is 0 Å². The molecule has 0 saturated heterocycles. The predicted molar refractivity (Wildman–Crippen MR) is 73.0 cm³/mol. The summed E-state index contributed by atoms with van der Waals surface area (Å²) in [6, 6.07) is 6.06. The normalized spacial score (nSPS) is 12.6. The van der Waals surface area contributed by atoms with Gasteiger partial charge in [-0.1, -0.05) is 13.0 Å². The second-order valence-corrected chi connectivity index (χ2v) is 4.82. The monoisotopic (exact) mass is 285 g/mol. The van der Waals surface area contributed by atoms with Crippen LogP contribution in [0.2, 0.25) is 0 Å². The molecule has 0 aliphatic heterocycles. The number of aliphatic hydroxyl groups excluding tert-OH is 1. The number of hydrogen-bond acceptors (Lipinski definition) is 2. The zero-order chi connectivity index (χ0) is 12.1. The van der Waals surface area contributed by atoms with Crippen molar-refractivity contribution in [3.63, 3.8) is 0 Å². The molecule has 0 spiro atoms. The molecule has 1 aromatic carbocycles. The average Bonchev–Trinajstić information content (AvgIpc) is 2.26. The summed E-state index contributed by atoms with van der Waals surface area (Å²) in [6.07, 6.45) is 0.727. The van der Waals surface area contributed by atoms with Gasteiger partial charge in [0.15, 0.2) is 0 Å². The minimum atomic E-state index is -0.411. The van der Waals surface area contributed by atoms with Crippen LogP contribution in [0.5, 0.6) is 0 Å². The molecule has 0 radical (unpaired) electrons. The Morgan fingerprint density at radius 1 is 1.38 bits per heavy atom. The van der Waals surface area contributed by atoms with Crippen molar-refractivity contribution in [1.82, 2.24) is 0 Å². The van der Waals surface area contributed by atoms with E-state index < -0.39 is 6.10 Å². The smallest absolute Gasteiger partial charge is 0.0762 e. The van der Waals surface area contributed by atoms with Gasteiger partial charge in [-0.3, -0.25) is 0 Å². The zero-order valence-electron chi connectivity index (χ0n) is 10.2. The van der Waals surface area contributed by atoms with Crippen LogP contribution < -0.4 is 4.90 Å². The van der Waals surface area contributed by atoms with Gasteiger partial charge in [0.2, 0.25) is 0 Å². The molecule has 0 saturated carbocycles. The lowest BCUT2D eigenvalue weighted by atomic mass is 10.1. The first-order chi connectivity index (χ1) is 7.60. The van der Waals surface area contributed by atoms with Crippen molar-refractivity contribution in [1.29, 1.82) is 0 Å². The van der Waals surface area contributed by atoms with Crippen LogP contribution in [0.15, 0.2) is 22.7 Å². The van der Waals surface area contributed by atoms with E-state index in [4.69, 9.17) is 0 Å². The van der Waals surface area contributed by atoms with Gasteiger partial charge < -0.3 is 10.0 Å². The molecule has 0 amide bonds. The molecule has 90 valence electrons. The first-order valence-electron chi connectivity index (χ1n) is 5.82. The van der Waals surface area contributed by atoms with Gasteiger partial charge in [0.1, 0.15) is 0 Å². The molecule has 16 heavy (non-hydrogen) atoms. The summed E-state index contributed by atoms with van der Waals surface area (Å²) < 4.78 is 1.06. The first kappa shape index (κ1) is 13.5. The fourth-order valence-corrected chi connectivity index (χ4v) is 2.41. The fourth-order valence-electron chi connectivity index (χ4n) is 1.76. The molecular weight excluding hydrogens is 266 g/mol. The number of nitrogens with zero attached hydrogens (tertiary/aromatic N) is 1. The van der Waals surface area contributed by atoms with Crippen molar-refractivity contribution >= 4 is 21.6 Å². The maximum Gasteiger partial charge on any atom is 0.0762 e. The molecule has 1 aromatic rings. The number of benzene rings is 1. The quantitative estimate of drug-likeness (QED) is 0.891. The molecule has 0 aliphatic carbocycles. The Balaban J connectivity index is 2.96. The van der Waals surface area contributed by atoms with E-state index in [-0.39, 0.29) is 0 Å². The van der Waals surface area contributed by atoms with Gasteiger partial charge in [0.05, 0.1) is 11.8 Å². The molecule has 1 atom stereocenters. The van der Waals surface area contributed by atoms with E-state index >= 15 is 0 Å². The minimum absolute atomic E-state index is 0.411. The Hall–Kier alpha value is -0.540. The third-order valence-electron chi connectivity index (χ3n) is 2.67. The highest BCUT2D eigenvalue weighted by Crippen LogP contribution is 2.29. The van der Waals surface area contributed by atoms with E-state index in [2.05, 4.69) is 40.7 Å². The van der Waals surface area contributed by atoms with Crippen molar-refractivity contribution in [3.8, 4) is 0 Å². The fraction of sp³-hybridized carbons (Fsp3) is 0.538. The van der Waals surface area contributed by atoms with Gasteiger partial charge >= 0.3 is 0 Å². The standard InChI is InChI=1S/C13H20BrNO/c1-4-8-15(5-2)13-7-6-11(10(3)16)9-12(13)14/h6-7,9-10,16H,4-5,8H2,1-3H3/t10-/m1/s1. The van der Waals surface area contributed by atoms with Crippen LogP contribution in [0.3, 0.4) is 0 Å². The van der Waals surface area contributed by atoms with Gasteiger partial charge in [-0.25, -0.2) is 0 Å². The number of halogens is 1. The number of anilines is 1. The van der Waals surface area contributed by atoms with Crippen LogP contribution in [-0.4, -0.2) is 18.2 Å². The van der Waals surface area contributed by atoms with Crippen molar-refractivity contribution in [2.45, 2.75) is 33.3 Å². The first-order valence-corrected chi connectivity index (χ1v) is 6.61. The third kappa shape index (κ3) is 3.22. The van der Waals surface area contributed by atoms with Crippen LogP contribution in [0.1, 0.15) is 38.9 Å². The molecule has 0 unspecified atom stereocenters. The summed E-state index contributed by atoms with van der Waals surface area (Å²) in [5, 5.41) is 9.50. The lowest BCUT2D eigenvalue weighted by molar-refractivity contribution is 0.199. The number of hydrogen-bond donors (Lipinski definition) is 1. The van der Waals surface area contributed by atoms with Gasteiger partial charge in [-0.15, -0.1) is 0 Å². The Labute approximate surface area is 106 Å². The maximum atomic E-state index is 9.50. The van der Waals surface area contributed by atoms with Crippen LogP contribution in [-0.2, 0) is 0 Å². The molecule has 0 aromatic heterocycles. The summed E-state index contributed by atoms with van der Waals surface area (Å²) in [7, 11) is 0. The Bertz CT molecular complexity index is 339. The van der Waals surface area contributed by atoms with Gasteiger partial charge in [0.25, 0.3) is 0 Å². The molecule has 2 nitrogen and oxygen atoms in total. The topological polar surface area (TPSA) is 23.5 Å². The van der Waals surface area contributed by atoms with Gasteiger partial charge in [0, 0.05) is 17.6 Å². The Morgan fingerprint density at radius 3 is 2.50 bits per heavy atom. The van der Waals surface area contributed by atoms with Gasteiger partial charge in [-0.05, 0) is 53.9 Å². The summed E-state index contributed by atoms with van der Waals surface area (Å²) >= 11 is 3.57. The van der Waals surface area contributed by atoms with E-state index in [1.807, 2.05) is 12.1 Å². The molecule has 1 N–H and O–H groups in total. The second kappa shape index (κ2) is 6.26. The Kier molecular flexibility index (Phi) is 5.29. The summed E-state index contributed by atoms with van der Waals surface area (Å²) in [4.78, 5) is 2.33. The maximum absolute atomic E-state index is 9.50. The summed E-state index contributed by atoms with van der Waals surface area (Å²) in [5.41, 5.74) is 2.15. The van der Waals surface area contributed by atoms with E-state index in [9.17, 15) is 5.11 Å². The lowest BCUT2D eigenvalue weighted by Crippen LogP contribution is -2.23. The molecule has 3 heteroatoms. The molecular formula is C13H20BrNO. The average molecular weight is 286 g/mol. The molecule has 0 aliphatic rings. The molecule has 1 rings (SSSR count). The second-order valence-electron chi connectivity index (χ2n) is 3.97. The molecule has 0 bridgehead atoms. The Morgan fingerprint density at radius 2 is 2.06 bits per heavy atom. The minimum Gasteiger partial charge on any atom is -0.389 e. The van der Waals surface area contributed by atoms with Crippen molar-refractivity contribution in [3.05, 3.63) is 28.2 Å². The predicted octanol–water partition coefficient (Wildman–Crippen LogP) is 3.74. The molecule has 0 fully saturated rings. The highest BCUT2D eigenvalue weighted by atomic mass is 79.9. The van der Waals surface area contributed by atoms with E-state index in [0.717, 1.165) is 29.5 Å². The van der Waals surface area contributed by atoms with Crippen molar-refractivity contribution in [2.24, 2.45) is 0 Å². The summed E-state index contributed by atoms with van der Waals surface area (Å²) in [6.45, 7) is 8.18. The van der Waals surface area contributed by atoms with Crippen LogP contribution in [0, 0.1) is 0 Å². The third-order valence-corrected chi connectivity index (χ3v) is 3.31. The van der Waals surface area contributed by atoms with E-state index in [1.165, 1.54) is 5.69 Å². The van der Waals surface area contributed by atoms with Crippen LogP contribution in [0.4, 0.5) is 5.69 Å². The van der Waals surface area contributed by atoms with E-state index in [1.54, 1.807) is 6.92 Å². The highest BCUT2D eigenvalue weighted by Gasteiger charge is 2.09. The highest BCUT2D eigenvalue weighted by molar-refractivity contribution is 9.10. The van der Waals surface area contributed by atoms with Crippen molar-refractivity contribution in [2.75, 3.05) is 18.0 Å². The van der Waals surface area contributed by atoms with E-state index in [0.29, 0.717) is 0 Å². The van der Waals surface area contributed by atoms with Crippen molar-refractivity contribution < 1.29 is 5.11 Å². The zero-order valence-corrected chi connectivity index (χ0v) is 11.8.